The number of benzene rings is 1. The number of carbonyl (C=O) groups excluding carboxylic acids is 1. The Bertz CT molecular complexity index is 576. The van der Waals surface area contributed by atoms with E-state index in [2.05, 4.69) is 0 Å². The van der Waals surface area contributed by atoms with Crippen LogP contribution < -0.4 is 0 Å². The van der Waals surface area contributed by atoms with Crippen LogP contribution in [-0.4, -0.2) is 40.8 Å². The second-order valence-electron chi connectivity index (χ2n) is 6.79. The van der Waals surface area contributed by atoms with Gasteiger partial charge < -0.3 is 14.7 Å². The van der Waals surface area contributed by atoms with E-state index in [1.165, 1.54) is 4.90 Å². The molecule has 1 aliphatic rings. The van der Waals surface area contributed by atoms with Crippen LogP contribution in [0.4, 0.5) is 4.79 Å². The molecule has 1 fully saturated rings. The maximum absolute atomic E-state index is 12.2. The van der Waals surface area contributed by atoms with Crippen LogP contribution in [0.2, 0.25) is 0 Å². The average molecular weight is 305 g/mol. The minimum Gasteiger partial charge on any atom is -0.481 e. The van der Waals surface area contributed by atoms with Crippen LogP contribution >= 0.6 is 0 Å². The van der Waals surface area contributed by atoms with Crippen molar-refractivity contribution in [2.24, 2.45) is 5.92 Å². The number of carboxylic acids is 1. The van der Waals surface area contributed by atoms with Crippen molar-refractivity contribution in [1.29, 1.82) is 0 Å². The summed E-state index contributed by atoms with van der Waals surface area (Å²) in [7, 11) is 0. The number of carbonyl (C=O) groups is 2. The molecule has 2 rings (SSSR count). The number of ether oxygens (including phenoxy) is 1. The number of likely N-dealkylation sites (tertiary alicyclic amines) is 1. The van der Waals surface area contributed by atoms with Gasteiger partial charge in [0.05, 0.1) is 5.92 Å². The normalized spacial score (nSPS) is 21.7. The predicted molar refractivity (Wildman–Crippen MR) is 82.9 cm³/mol. The Hall–Kier alpha value is -2.04. The van der Waals surface area contributed by atoms with E-state index in [4.69, 9.17) is 4.74 Å². The van der Waals surface area contributed by atoms with E-state index in [0.717, 1.165) is 11.1 Å². The molecule has 2 atom stereocenters. The van der Waals surface area contributed by atoms with E-state index >= 15 is 0 Å². The molecule has 0 bridgehead atoms. The first kappa shape index (κ1) is 16.3. The lowest BCUT2D eigenvalue weighted by Gasteiger charge is -2.24. The fourth-order valence-corrected chi connectivity index (χ4v) is 2.85. The lowest BCUT2D eigenvalue weighted by molar-refractivity contribution is -0.141. The molecule has 1 N–H and O–H groups in total. The first-order valence-electron chi connectivity index (χ1n) is 7.45. The number of nitrogens with zero attached hydrogens (tertiary/aromatic N) is 1. The molecule has 1 aromatic carbocycles. The second-order valence-corrected chi connectivity index (χ2v) is 6.79. The topological polar surface area (TPSA) is 66.8 Å². The molecule has 120 valence electrons. The van der Waals surface area contributed by atoms with Crippen LogP contribution in [-0.2, 0) is 9.53 Å². The largest absolute Gasteiger partial charge is 0.481 e. The zero-order chi connectivity index (χ0) is 16.5. The highest BCUT2D eigenvalue weighted by molar-refractivity contribution is 5.76. The third-order valence-electron chi connectivity index (χ3n) is 3.88. The molecular weight excluding hydrogens is 282 g/mol. The highest BCUT2D eigenvalue weighted by atomic mass is 16.6. The van der Waals surface area contributed by atoms with Gasteiger partial charge in [-0.1, -0.05) is 24.3 Å². The van der Waals surface area contributed by atoms with Crippen molar-refractivity contribution in [2.45, 2.75) is 39.2 Å². The number of rotatable bonds is 2. The van der Waals surface area contributed by atoms with Gasteiger partial charge in [0.15, 0.2) is 0 Å². The molecule has 5 heteroatoms. The van der Waals surface area contributed by atoms with Gasteiger partial charge in [0.25, 0.3) is 0 Å². The number of hydrogen-bond acceptors (Lipinski definition) is 3. The summed E-state index contributed by atoms with van der Waals surface area (Å²) in [6, 6.07) is 7.73. The quantitative estimate of drug-likeness (QED) is 0.912. The smallest absolute Gasteiger partial charge is 0.410 e. The molecule has 0 aromatic heterocycles. The minimum atomic E-state index is -0.876. The van der Waals surface area contributed by atoms with Crippen LogP contribution in [0.5, 0.6) is 0 Å². The lowest BCUT2D eigenvalue weighted by atomic mass is 9.86. The molecule has 5 nitrogen and oxygen atoms in total. The zero-order valence-corrected chi connectivity index (χ0v) is 13.5. The number of aryl methyl sites for hydroxylation is 1. The third kappa shape index (κ3) is 3.59. The van der Waals surface area contributed by atoms with Gasteiger partial charge in [0, 0.05) is 19.0 Å². The van der Waals surface area contributed by atoms with Crippen LogP contribution in [0.3, 0.4) is 0 Å². The summed E-state index contributed by atoms with van der Waals surface area (Å²) in [5.41, 5.74) is 1.45. The molecule has 0 saturated carbocycles. The number of aliphatic carboxylic acids is 1. The first-order chi connectivity index (χ1) is 10.2. The van der Waals surface area contributed by atoms with Crippen molar-refractivity contribution < 1.29 is 19.4 Å². The van der Waals surface area contributed by atoms with E-state index in [1.54, 1.807) is 20.8 Å². The summed E-state index contributed by atoms with van der Waals surface area (Å²) in [6.07, 6.45) is -0.449. The van der Waals surface area contributed by atoms with E-state index < -0.39 is 23.6 Å². The third-order valence-corrected chi connectivity index (χ3v) is 3.88. The molecule has 1 saturated heterocycles. The summed E-state index contributed by atoms with van der Waals surface area (Å²) in [6.45, 7) is 7.92. The Kier molecular flexibility index (Phi) is 4.44. The Balaban J connectivity index is 2.22. The summed E-state index contributed by atoms with van der Waals surface area (Å²) in [5, 5.41) is 9.49. The second kappa shape index (κ2) is 5.99. The van der Waals surface area contributed by atoms with E-state index in [-0.39, 0.29) is 12.5 Å². The molecule has 0 unspecified atom stereocenters. The average Bonchev–Trinajstić information content (AvgIpc) is 2.82. The molecule has 22 heavy (non-hydrogen) atoms. The molecule has 0 radical (unpaired) electrons. The van der Waals surface area contributed by atoms with Crippen molar-refractivity contribution in [3.05, 3.63) is 35.4 Å². The minimum absolute atomic E-state index is 0.184. The Morgan fingerprint density at radius 3 is 2.41 bits per heavy atom. The van der Waals surface area contributed by atoms with Gasteiger partial charge in [0.1, 0.15) is 5.60 Å². The number of carboxylic acid groups (broad SMARTS) is 1. The van der Waals surface area contributed by atoms with E-state index in [0.29, 0.717) is 6.54 Å². The fraction of sp³-hybridized carbons (Fsp3) is 0.529. The molecular formula is C17H23NO4. The monoisotopic (exact) mass is 305 g/mol. The van der Waals surface area contributed by atoms with Gasteiger partial charge in [-0.05, 0) is 38.8 Å². The molecule has 0 aliphatic carbocycles. The summed E-state index contributed by atoms with van der Waals surface area (Å²) in [4.78, 5) is 25.3. The van der Waals surface area contributed by atoms with Gasteiger partial charge in [-0.25, -0.2) is 4.79 Å². The van der Waals surface area contributed by atoms with E-state index in [1.807, 2.05) is 31.2 Å². The van der Waals surface area contributed by atoms with Crippen LogP contribution in [0, 0.1) is 12.8 Å². The van der Waals surface area contributed by atoms with Crippen LogP contribution in [0.1, 0.15) is 37.8 Å². The molecule has 1 aromatic rings. The SMILES string of the molecule is Cc1ccccc1[C@@H]1CN(C(=O)OC(C)(C)C)C[C@H]1C(=O)O. The standard InChI is InChI=1S/C17H23NO4/c1-11-7-5-6-8-12(11)13-9-18(10-14(13)15(19)20)16(21)22-17(2,3)4/h5-8,13-14H,9-10H2,1-4H3,(H,19,20)/t13-,14+/m0/s1. The Labute approximate surface area is 130 Å². The summed E-state index contributed by atoms with van der Waals surface area (Å²) in [5.74, 6) is -1.68. The first-order valence-corrected chi connectivity index (χ1v) is 7.45. The highest BCUT2D eigenvalue weighted by Crippen LogP contribution is 2.35. The van der Waals surface area contributed by atoms with Crippen LogP contribution in [0.25, 0.3) is 0 Å². The zero-order valence-electron chi connectivity index (χ0n) is 13.5. The number of hydrogen-bond donors (Lipinski definition) is 1. The summed E-state index contributed by atoms with van der Waals surface area (Å²) >= 11 is 0. The van der Waals surface area contributed by atoms with Gasteiger partial charge in [-0.2, -0.15) is 0 Å². The number of amides is 1. The van der Waals surface area contributed by atoms with Crippen molar-refractivity contribution in [3.8, 4) is 0 Å². The molecule has 1 amide bonds. The fourth-order valence-electron chi connectivity index (χ4n) is 2.85. The maximum Gasteiger partial charge on any atom is 0.410 e. The van der Waals surface area contributed by atoms with Gasteiger partial charge in [-0.15, -0.1) is 0 Å². The highest BCUT2D eigenvalue weighted by Gasteiger charge is 2.42. The van der Waals surface area contributed by atoms with Gasteiger partial charge >= 0.3 is 12.1 Å². The predicted octanol–water partition coefficient (Wildman–Crippen LogP) is 3.03. The van der Waals surface area contributed by atoms with E-state index in [9.17, 15) is 14.7 Å². The van der Waals surface area contributed by atoms with Crippen molar-refractivity contribution >= 4 is 12.1 Å². The Morgan fingerprint density at radius 1 is 1.23 bits per heavy atom. The maximum atomic E-state index is 12.2. The van der Waals surface area contributed by atoms with Crippen molar-refractivity contribution in [3.63, 3.8) is 0 Å². The molecule has 0 spiro atoms. The van der Waals surface area contributed by atoms with Crippen LogP contribution in [0.15, 0.2) is 24.3 Å². The lowest BCUT2D eigenvalue weighted by Crippen LogP contribution is -2.35. The Morgan fingerprint density at radius 2 is 1.86 bits per heavy atom. The van der Waals surface area contributed by atoms with Gasteiger partial charge in [0.2, 0.25) is 0 Å². The van der Waals surface area contributed by atoms with Crippen molar-refractivity contribution in [1.82, 2.24) is 4.90 Å². The summed E-state index contributed by atoms with van der Waals surface area (Å²) < 4.78 is 5.36. The van der Waals surface area contributed by atoms with Gasteiger partial charge in [-0.3, -0.25) is 4.79 Å². The van der Waals surface area contributed by atoms with Crippen molar-refractivity contribution in [2.75, 3.05) is 13.1 Å². The molecule has 1 aliphatic heterocycles. The molecule has 1 heterocycles.